The monoisotopic (exact) mass is 406 g/mol. The summed E-state index contributed by atoms with van der Waals surface area (Å²) in [5.41, 5.74) is 1.52. The van der Waals surface area contributed by atoms with Gasteiger partial charge in [0.2, 0.25) is 11.8 Å². The fourth-order valence-electron chi connectivity index (χ4n) is 2.70. The zero-order chi connectivity index (χ0) is 19.8. The van der Waals surface area contributed by atoms with E-state index in [9.17, 15) is 9.59 Å². The lowest BCUT2D eigenvalue weighted by atomic mass is 10.1. The second kappa shape index (κ2) is 10.3. The molecular formula is C21H24Cl2N2O2. The van der Waals surface area contributed by atoms with Crippen LogP contribution in [0.15, 0.2) is 48.5 Å². The summed E-state index contributed by atoms with van der Waals surface area (Å²) in [5, 5.41) is 3.79. The van der Waals surface area contributed by atoms with Crippen LogP contribution in [0, 0.1) is 0 Å². The molecule has 27 heavy (non-hydrogen) atoms. The molecule has 0 aliphatic rings. The van der Waals surface area contributed by atoms with Crippen molar-refractivity contribution < 1.29 is 9.59 Å². The van der Waals surface area contributed by atoms with Crippen molar-refractivity contribution in [3.63, 3.8) is 0 Å². The normalized spacial score (nSPS) is 11.7. The fraction of sp³-hybridized carbons (Fsp3) is 0.333. The van der Waals surface area contributed by atoms with Crippen molar-refractivity contribution in [3.05, 3.63) is 69.7 Å². The van der Waals surface area contributed by atoms with E-state index in [0.29, 0.717) is 22.2 Å². The maximum atomic E-state index is 13.0. The highest BCUT2D eigenvalue weighted by Gasteiger charge is 2.27. The van der Waals surface area contributed by atoms with Crippen LogP contribution in [0.3, 0.4) is 0 Å². The second-order valence-electron chi connectivity index (χ2n) is 6.35. The maximum absolute atomic E-state index is 13.0. The van der Waals surface area contributed by atoms with E-state index in [2.05, 4.69) is 5.32 Å². The summed E-state index contributed by atoms with van der Waals surface area (Å²) in [6.45, 7) is 4.44. The van der Waals surface area contributed by atoms with Gasteiger partial charge in [-0.3, -0.25) is 9.59 Å². The average Bonchev–Trinajstić information content (AvgIpc) is 2.66. The molecule has 1 N–H and O–H groups in total. The van der Waals surface area contributed by atoms with E-state index in [1.807, 2.05) is 37.3 Å². The Morgan fingerprint density at radius 1 is 1.04 bits per heavy atom. The van der Waals surface area contributed by atoms with Crippen LogP contribution in [0.25, 0.3) is 0 Å². The number of benzene rings is 2. The van der Waals surface area contributed by atoms with Gasteiger partial charge in [-0.1, -0.05) is 66.5 Å². The Kier molecular flexibility index (Phi) is 8.14. The van der Waals surface area contributed by atoms with Crippen molar-refractivity contribution in [1.82, 2.24) is 10.2 Å². The molecule has 0 aliphatic heterocycles. The molecule has 2 rings (SSSR count). The Bertz CT molecular complexity index is 761. The van der Waals surface area contributed by atoms with Crippen LogP contribution in [0.4, 0.5) is 0 Å². The molecule has 4 nitrogen and oxygen atoms in total. The Balaban J connectivity index is 2.27. The molecule has 0 heterocycles. The molecule has 1 atom stereocenters. The summed E-state index contributed by atoms with van der Waals surface area (Å²) < 4.78 is 0. The highest BCUT2D eigenvalue weighted by molar-refractivity contribution is 6.36. The Hall–Kier alpha value is -2.04. The topological polar surface area (TPSA) is 49.4 Å². The highest BCUT2D eigenvalue weighted by atomic mass is 35.5. The summed E-state index contributed by atoms with van der Waals surface area (Å²) in [6, 6.07) is 14.0. The zero-order valence-corrected chi connectivity index (χ0v) is 17.1. The summed E-state index contributed by atoms with van der Waals surface area (Å²) in [6.07, 6.45) is 1.03. The van der Waals surface area contributed by atoms with Crippen molar-refractivity contribution in [3.8, 4) is 0 Å². The minimum atomic E-state index is -0.639. The predicted molar refractivity (Wildman–Crippen MR) is 110 cm³/mol. The Morgan fingerprint density at radius 2 is 1.67 bits per heavy atom. The van der Waals surface area contributed by atoms with Crippen LogP contribution >= 0.6 is 23.2 Å². The number of halogens is 2. The smallest absolute Gasteiger partial charge is 0.242 e. The largest absolute Gasteiger partial charge is 0.354 e. The van der Waals surface area contributed by atoms with Crippen LogP contribution in [0.1, 0.15) is 31.4 Å². The molecule has 0 radical (unpaired) electrons. The van der Waals surface area contributed by atoms with Gasteiger partial charge in [0.05, 0.1) is 6.42 Å². The molecule has 0 aliphatic carbocycles. The third-order valence-corrected chi connectivity index (χ3v) is 5.01. The van der Waals surface area contributed by atoms with Crippen molar-refractivity contribution in [2.24, 2.45) is 0 Å². The molecule has 0 saturated heterocycles. The molecule has 0 saturated carbocycles. The number of hydrogen-bond acceptors (Lipinski definition) is 2. The number of hydrogen-bond donors (Lipinski definition) is 1. The fourth-order valence-corrected chi connectivity index (χ4v) is 3.22. The first kappa shape index (κ1) is 21.3. The van der Waals surface area contributed by atoms with E-state index in [4.69, 9.17) is 23.2 Å². The van der Waals surface area contributed by atoms with E-state index >= 15 is 0 Å². The first-order valence-electron chi connectivity index (χ1n) is 8.98. The molecule has 0 bridgehead atoms. The number of nitrogens with zero attached hydrogens (tertiary/aromatic N) is 1. The Morgan fingerprint density at radius 3 is 2.26 bits per heavy atom. The SMILES string of the molecule is CCCNC(=O)C(C)N(Cc1c(Cl)cccc1Cl)C(=O)Cc1ccccc1. The Labute approximate surface area is 170 Å². The number of rotatable bonds is 8. The minimum absolute atomic E-state index is 0.156. The van der Waals surface area contributed by atoms with Gasteiger partial charge in [0.15, 0.2) is 0 Å². The quantitative estimate of drug-likeness (QED) is 0.702. The molecule has 144 valence electrons. The highest BCUT2D eigenvalue weighted by Crippen LogP contribution is 2.26. The predicted octanol–water partition coefficient (Wildman–Crippen LogP) is 4.48. The van der Waals surface area contributed by atoms with Crippen molar-refractivity contribution in [2.45, 2.75) is 39.3 Å². The maximum Gasteiger partial charge on any atom is 0.242 e. The molecular weight excluding hydrogens is 383 g/mol. The number of nitrogens with one attached hydrogen (secondary N) is 1. The van der Waals surface area contributed by atoms with Gasteiger partial charge in [-0.15, -0.1) is 0 Å². The van der Waals surface area contributed by atoms with Gasteiger partial charge in [-0.05, 0) is 31.0 Å². The van der Waals surface area contributed by atoms with Crippen molar-refractivity contribution in [1.29, 1.82) is 0 Å². The summed E-state index contributed by atoms with van der Waals surface area (Å²) in [7, 11) is 0. The molecule has 0 spiro atoms. The van der Waals surface area contributed by atoms with Crippen LogP contribution in [0.5, 0.6) is 0 Å². The third-order valence-electron chi connectivity index (χ3n) is 4.30. The van der Waals surface area contributed by atoms with Crippen molar-refractivity contribution >= 4 is 35.0 Å². The van der Waals surface area contributed by atoms with Gasteiger partial charge < -0.3 is 10.2 Å². The molecule has 2 aromatic carbocycles. The number of carbonyl (C=O) groups excluding carboxylic acids is 2. The number of amides is 2. The van der Waals surface area contributed by atoms with Gasteiger partial charge in [0.1, 0.15) is 6.04 Å². The lowest BCUT2D eigenvalue weighted by Crippen LogP contribution is -2.48. The number of carbonyl (C=O) groups is 2. The summed E-state index contributed by atoms with van der Waals surface area (Å²) >= 11 is 12.6. The second-order valence-corrected chi connectivity index (χ2v) is 7.17. The van der Waals surface area contributed by atoms with Gasteiger partial charge in [-0.2, -0.15) is 0 Å². The first-order valence-corrected chi connectivity index (χ1v) is 9.73. The molecule has 2 aromatic rings. The zero-order valence-electron chi connectivity index (χ0n) is 15.5. The van der Waals surface area contributed by atoms with Crippen LogP contribution in [-0.4, -0.2) is 29.3 Å². The molecule has 0 aromatic heterocycles. The average molecular weight is 407 g/mol. The molecule has 0 fully saturated rings. The van der Waals surface area contributed by atoms with Crippen LogP contribution in [0.2, 0.25) is 10.0 Å². The van der Waals surface area contributed by atoms with E-state index in [0.717, 1.165) is 12.0 Å². The minimum Gasteiger partial charge on any atom is -0.354 e. The van der Waals surface area contributed by atoms with Gasteiger partial charge in [0, 0.05) is 28.7 Å². The van der Waals surface area contributed by atoms with Crippen LogP contribution < -0.4 is 5.32 Å². The molecule has 2 amide bonds. The summed E-state index contributed by atoms with van der Waals surface area (Å²) in [5.74, 6) is -0.349. The van der Waals surface area contributed by atoms with Crippen LogP contribution in [-0.2, 0) is 22.6 Å². The van der Waals surface area contributed by atoms with E-state index in [1.165, 1.54) is 4.90 Å². The van der Waals surface area contributed by atoms with E-state index in [1.54, 1.807) is 25.1 Å². The first-order chi connectivity index (χ1) is 12.9. The van der Waals surface area contributed by atoms with E-state index in [-0.39, 0.29) is 24.8 Å². The standard InChI is InChI=1S/C21H24Cl2N2O2/c1-3-12-24-21(27)15(2)25(14-17-18(22)10-7-11-19(17)23)20(26)13-16-8-5-4-6-9-16/h4-11,15H,3,12-14H2,1-2H3,(H,24,27). The lowest BCUT2D eigenvalue weighted by molar-refractivity contribution is -0.140. The lowest BCUT2D eigenvalue weighted by Gasteiger charge is -2.29. The van der Waals surface area contributed by atoms with Gasteiger partial charge in [-0.25, -0.2) is 0 Å². The molecule has 6 heteroatoms. The third kappa shape index (κ3) is 5.98. The van der Waals surface area contributed by atoms with E-state index < -0.39 is 6.04 Å². The molecule has 1 unspecified atom stereocenters. The van der Waals surface area contributed by atoms with Gasteiger partial charge in [0.25, 0.3) is 0 Å². The van der Waals surface area contributed by atoms with Gasteiger partial charge >= 0.3 is 0 Å². The van der Waals surface area contributed by atoms with Crippen molar-refractivity contribution in [2.75, 3.05) is 6.54 Å². The summed E-state index contributed by atoms with van der Waals surface area (Å²) in [4.78, 5) is 27.0.